The molecule has 1 saturated heterocycles. The fourth-order valence-electron chi connectivity index (χ4n) is 3.65. The van der Waals surface area contributed by atoms with Crippen molar-refractivity contribution in [1.29, 1.82) is 0 Å². The number of nitro benzene ring substituents is 1. The van der Waals surface area contributed by atoms with Crippen molar-refractivity contribution in [3.05, 3.63) is 69.8 Å². The quantitative estimate of drug-likeness (QED) is 0.478. The van der Waals surface area contributed by atoms with Crippen molar-refractivity contribution < 1.29 is 18.1 Å². The molecule has 0 aliphatic carbocycles. The maximum atomic E-state index is 12.8. The van der Waals surface area contributed by atoms with Crippen LogP contribution in [0.5, 0.6) is 0 Å². The summed E-state index contributed by atoms with van der Waals surface area (Å²) in [5.41, 5.74) is 2.01. The molecule has 0 saturated carbocycles. The Labute approximate surface area is 188 Å². The molecule has 1 unspecified atom stereocenters. The molecular weight excluding hydrogens is 432 g/mol. The molecule has 2 aromatic rings. The van der Waals surface area contributed by atoms with Gasteiger partial charge in [-0.15, -0.1) is 0 Å². The van der Waals surface area contributed by atoms with Gasteiger partial charge < -0.3 is 5.32 Å². The third-order valence-electron chi connectivity index (χ3n) is 5.63. The summed E-state index contributed by atoms with van der Waals surface area (Å²) in [4.78, 5) is 24.6. The van der Waals surface area contributed by atoms with E-state index in [9.17, 15) is 23.3 Å². The van der Waals surface area contributed by atoms with E-state index in [1.807, 2.05) is 24.0 Å². The van der Waals surface area contributed by atoms with Gasteiger partial charge in [0.2, 0.25) is 15.9 Å². The second-order valence-electron chi connectivity index (χ2n) is 7.82. The second-order valence-corrected chi connectivity index (χ2v) is 9.76. The third kappa shape index (κ3) is 5.70. The van der Waals surface area contributed by atoms with Crippen molar-refractivity contribution in [3.63, 3.8) is 0 Å². The number of sulfonamides is 1. The minimum atomic E-state index is -3.83. The first-order valence-electron chi connectivity index (χ1n) is 10.6. The lowest BCUT2D eigenvalue weighted by molar-refractivity contribution is -0.385. The summed E-state index contributed by atoms with van der Waals surface area (Å²) in [6.07, 6.45) is 0.962. The Balaban J connectivity index is 1.53. The van der Waals surface area contributed by atoms with Crippen LogP contribution in [0.4, 0.5) is 5.69 Å². The van der Waals surface area contributed by atoms with Gasteiger partial charge in [0.15, 0.2) is 0 Å². The van der Waals surface area contributed by atoms with Crippen LogP contribution in [0.15, 0.2) is 53.4 Å². The molecule has 2 aromatic carbocycles. The van der Waals surface area contributed by atoms with Crippen LogP contribution < -0.4 is 5.32 Å². The zero-order valence-corrected chi connectivity index (χ0v) is 19.0. The van der Waals surface area contributed by atoms with Gasteiger partial charge in [-0.25, -0.2) is 8.42 Å². The van der Waals surface area contributed by atoms with Crippen molar-refractivity contribution in [2.24, 2.45) is 0 Å². The molecule has 0 radical (unpaired) electrons. The zero-order chi connectivity index (χ0) is 23.3. The lowest BCUT2D eigenvalue weighted by Crippen LogP contribution is -2.51. The highest BCUT2D eigenvalue weighted by Crippen LogP contribution is 2.22. The first kappa shape index (κ1) is 23.8. The molecule has 0 aromatic heterocycles. The number of nitro groups is 1. The molecule has 1 aliphatic heterocycles. The highest BCUT2D eigenvalue weighted by atomic mass is 32.2. The van der Waals surface area contributed by atoms with E-state index in [2.05, 4.69) is 24.4 Å². The molecule has 0 spiro atoms. The number of non-ortho nitro benzene ring substituents is 1. The Morgan fingerprint density at radius 3 is 2.38 bits per heavy atom. The van der Waals surface area contributed by atoms with Crippen LogP contribution in [0.25, 0.3) is 0 Å². The van der Waals surface area contributed by atoms with Crippen LogP contribution in [0.2, 0.25) is 0 Å². The monoisotopic (exact) mass is 460 g/mol. The number of benzene rings is 2. The molecule has 3 rings (SSSR count). The number of hydrogen-bond donors (Lipinski definition) is 1. The molecule has 1 heterocycles. The average molecular weight is 461 g/mol. The van der Waals surface area contributed by atoms with Crippen molar-refractivity contribution in [3.8, 4) is 0 Å². The average Bonchev–Trinajstić information content (AvgIpc) is 2.79. The highest BCUT2D eigenvalue weighted by molar-refractivity contribution is 7.89. The highest BCUT2D eigenvalue weighted by Gasteiger charge is 2.30. The van der Waals surface area contributed by atoms with Crippen LogP contribution in [-0.4, -0.2) is 61.2 Å². The Hall–Kier alpha value is -2.82. The number of rotatable bonds is 8. The van der Waals surface area contributed by atoms with Gasteiger partial charge in [0.05, 0.1) is 22.4 Å². The number of aryl methyl sites for hydroxylation is 1. The number of hydrogen-bond acceptors (Lipinski definition) is 6. The van der Waals surface area contributed by atoms with Crippen LogP contribution in [0.1, 0.15) is 31.0 Å². The molecule has 0 bridgehead atoms. The SMILES string of the molecule is CCc1ccc(C(C)NC(=O)CN2CCN(S(=O)(=O)c3cccc([N+](=O)[O-])c3)CC2)cc1. The van der Waals surface area contributed by atoms with Crippen LogP contribution in [0, 0.1) is 10.1 Å². The minimum Gasteiger partial charge on any atom is -0.348 e. The molecule has 32 heavy (non-hydrogen) atoms. The van der Waals surface area contributed by atoms with Gasteiger partial charge in [-0.05, 0) is 30.5 Å². The maximum absolute atomic E-state index is 12.8. The normalized spacial score (nSPS) is 16.4. The largest absolute Gasteiger partial charge is 0.348 e. The minimum absolute atomic E-state index is 0.0965. The first-order valence-corrected chi connectivity index (χ1v) is 12.0. The number of nitrogens with one attached hydrogen (secondary N) is 1. The summed E-state index contributed by atoms with van der Waals surface area (Å²) in [7, 11) is -3.83. The predicted molar refractivity (Wildman–Crippen MR) is 121 cm³/mol. The third-order valence-corrected chi connectivity index (χ3v) is 7.52. The van der Waals surface area contributed by atoms with Gasteiger partial charge in [-0.2, -0.15) is 4.31 Å². The molecule has 1 aliphatic rings. The van der Waals surface area contributed by atoms with E-state index in [1.54, 1.807) is 0 Å². The molecular formula is C22H28N4O5S. The van der Waals surface area contributed by atoms with Crippen molar-refractivity contribution in [2.75, 3.05) is 32.7 Å². The lowest BCUT2D eigenvalue weighted by atomic mass is 10.1. The van der Waals surface area contributed by atoms with Crippen LogP contribution in [0.3, 0.4) is 0 Å². The molecule has 172 valence electrons. The van der Waals surface area contributed by atoms with Gasteiger partial charge in [-0.1, -0.05) is 37.3 Å². The van der Waals surface area contributed by atoms with Gasteiger partial charge in [0.25, 0.3) is 5.69 Å². The van der Waals surface area contributed by atoms with E-state index in [-0.39, 0.29) is 42.2 Å². The molecule has 1 fully saturated rings. The van der Waals surface area contributed by atoms with Gasteiger partial charge in [0, 0.05) is 38.3 Å². The number of amides is 1. The topological polar surface area (TPSA) is 113 Å². The van der Waals surface area contributed by atoms with E-state index >= 15 is 0 Å². The number of carbonyl (C=O) groups excluding carboxylic acids is 1. The second kappa shape index (κ2) is 10.2. The Morgan fingerprint density at radius 2 is 1.78 bits per heavy atom. The summed E-state index contributed by atoms with van der Waals surface area (Å²) >= 11 is 0. The number of piperazine rings is 1. The maximum Gasteiger partial charge on any atom is 0.270 e. The van der Waals surface area contributed by atoms with E-state index in [4.69, 9.17) is 0 Å². The smallest absolute Gasteiger partial charge is 0.270 e. The molecule has 1 atom stereocenters. The first-order chi connectivity index (χ1) is 15.2. The summed E-state index contributed by atoms with van der Waals surface area (Å²) in [6.45, 7) is 5.44. The Kier molecular flexibility index (Phi) is 7.60. The number of carbonyl (C=O) groups is 1. The van der Waals surface area contributed by atoms with E-state index in [0.29, 0.717) is 13.1 Å². The molecule has 9 nitrogen and oxygen atoms in total. The van der Waals surface area contributed by atoms with E-state index < -0.39 is 14.9 Å². The Bertz CT molecular complexity index is 1060. The Morgan fingerprint density at radius 1 is 1.12 bits per heavy atom. The molecule has 1 N–H and O–H groups in total. The number of nitrogens with zero attached hydrogens (tertiary/aromatic N) is 3. The van der Waals surface area contributed by atoms with Crippen molar-refractivity contribution in [2.45, 2.75) is 31.2 Å². The summed E-state index contributed by atoms with van der Waals surface area (Å²) in [5, 5.41) is 13.9. The summed E-state index contributed by atoms with van der Waals surface area (Å²) < 4.78 is 27.0. The van der Waals surface area contributed by atoms with Gasteiger partial charge in [-0.3, -0.25) is 19.8 Å². The van der Waals surface area contributed by atoms with E-state index in [0.717, 1.165) is 18.1 Å². The lowest BCUT2D eigenvalue weighted by Gasteiger charge is -2.33. The van der Waals surface area contributed by atoms with Gasteiger partial charge >= 0.3 is 0 Å². The van der Waals surface area contributed by atoms with Crippen LogP contribution >= 0.6 is 0 Å². The van der Waals surface area contributed by atoms with Crippen molar-refractivity contribution in [1.82, 2.24) is 14.5 Å². The fourth-order valence-corrected chi connectivity index (χ4v) is 5.11. The van der Waals surface area contributed by atoms with E-state index in [1.165, 1.54) is 28.1 Å². The predicted octanol–water partition coefficient (Wildman–Crippen LogP) is 2.34. The standard InChI is InChI=1S/C22H28N4O5S/c1-3-18-7-9-19(10-8-18)17(2)23-22(27)16-24-11-13-25(14-12-24)32(30,31)21-6-4-5-20(15-21)26(28)29/h4-10,15,17H,3,11-14,16H2,1-2H3,(H,23,27). The van der Waals surface area contributed by atoms with Gasteiger partial charge in [0.1, 0.15) is 0 Å². The van der Waals surface area contributed by atoms with Crippen LogP contribution in [-0.2, 0) is 21.2 Å². The van der Waals surface area contributed by atoms with Crippen molar-refractivity contribution >= 4 is 21.6 Å². The summed E-state index contributed by atoms with van der Waals surface area (Å²) in [5.74, 6) is -0.118. The summed E-state index contributed by atoms with van der Waals surface area (Å²) in [6, 6.07) is 13.1. The molecule has 1 amide bonds. The molecule has 10 heteroatoms. The fraction of sp³-hybridized carbons (Fsp3) is 0.409. The zero-order valence-electron chi connectivity index (χ0n) is 18.2.